The lowest BCUT2D eigenvalue weighted by molar-refractivity contribution is -0.138. The predicted molar refractivity (Wildman–Crippen MR) is 137 cm³/mol. The van der Waals surface area contributed by atoms with Crippen LogP contribution in [0.1, 0.15) is 57.1 Å². The number of ether oxygens (including phenoxy) is 1. The average molecular weight is 555 g/mol. The molecule has 0 atom stereocenters. The van der Waals surface area contributed by atoms with Crippen molar-refractivity contribution in [1.82, 2.24) is 25.2 Å². The Morgan fingerprint density at radius 3 is 2.35 bits per heavy atom. The number of carboxylic acids is 1. The highest BCUT2D eigenvalue weighted by molar-refractivity contribution is 6.09. The molecule has 0 aliphatic carbocycles. The molecular weight excluding hydrogens is 529 g/mol. The summed E-state index contributed by atoms with van der Waals surface area (Å²) in [7, 11) is 0. The molecule has 0 radical (unpaired) electrons. The molecule has 4 aromatic rings. The number of amides is 1. The van der Waals surface area contributed by atoms with Gasteiger partial charge in [0.25, 0.3) is 5.91 Å². The third kappa shape index (κ3) is 6.08. The van der Waals surface area contributed by atoms with E-state index in [-0.39, 0.29) is 29.1 Å². The van der Waals surface area contributed by atoms with Crippen LogP contribution in [0.25, 0.3) is 0 Å². The molecule has 0 saturated heterocycles. The van der Waals surface area contributed by atoms with Crippen molar-refractivity contribution in [3.63, 3.8) is 0 Å². The normalized spacial score (nSPS) is 11.5. The number of hydrogen-bond acceptors (Lipinski definition) is 7. The predicted octanol–water partition coefficient (Wildman–Crippen LogP) is 5.30. The van der Waals surface area contributed by atoms with Gasteiger partial charge in [-0.05, 0) is 80.1 Å². The van der Waals surface area contributed by atoms with Gasteiger partial charge in [0.1, 0.15) is 17.1 Å². The van der Waals surface area contributed by atoms with E-state index in [9.17, 15) is 27.9 Å². The van der Waals surface area contributed by atoms with Crippen LogP contribution in [0.15, 0.2) is 54.7 Å². The van der Waals surface area contributed by atoms with Crippen molar-refractivity contribution >= 4 is 17.6 Å². The van der Waals surface area contributed by atoms with Crippen molar-refractivity contribution in [2.75, 3.05) is 4.90 Å². The number of halogens is 3. The van der Waals surface area contributed by atoms with Crippen LogP contribution in [-0.4, -0.2) is 48.2 Å². The molecule has 2 aromatic carbocycles. The minimum atomic E-state index is -4.82. The van der Waals surface area contributed by atoms with Gasteiger partial charge in [0.15, 0.2) is 0 Å². The fourth-order valence-corrected chi connectivity index (χ4v) is 3.96. The highest BCUT2D eigenvalue weighted by Gasteiger charge is 2.36. The standard InChI is InChI=1S/C27H25F3N6O4/c1-15(2)36(25(37)19-7-5-16(3)6-8-19)23-10-9-20(12-21(23)26(38)39)40-24-22(27(28,29)30)11-18(13-31-24)14-35-17(4)32-33-34-35/h5-13,15H,14H2,1-4H3,(H,38,39). The summed E-state index contributed by atoms with van der Waals surface area (Å²) in [6.45, 7) is 6.87. The number of rotatable bonds is 8. The van der Waals surface area contributed by atoms with Gasteiger partial charge in [0.2, 0.25) is 5.88 Å². The molecule has 1 N–H and O–H groups in total. The lowest BCUT2D eigenvalue weighted by atomic mass is 10.1. The summed E-state index contributed by atoms with van der Waals surface area (Å²) < 4.78 is 48.5. The Balaban J connectivity index is 1.69. The molecule has 0 fully saturated rings. The van der Waals surface area contributed by atoms with Gasteiger partial charge in [-0.1, -0.05) is 17.7 Å². The van der Waals surface area contributed by atoms with E-state index >= 15 is 0 Å². The zero-order valence-corrected chi connectivity index (χ0v) is 22.0. The minimum Gasteiger partial charge on any atom is -0.478 e. The minimum absolute atomic E-state index is 0.0485. The molecule has 40 heavy (non-hydrogen) atoms. The quantitative estimate of drug-likeness (QED) is 0.311. The number of carbonyl (C=O) groups is 2. The summed E-state index contributed by atoms with van der Waals surface area (Å²) in [4.78, 5) is 30.7. The molecule has 0 aliphatic heterocycles. The molecular formula is C27H25F3N6O4. The van der Waals surface area contributed by atoms with Gasteiger partial charge in [0, 0.05) is 17.8 Å². The highest BCUT2D eigenvalue weighted by atomic mass is 19.4. The van der Waals surface area contributed by atoms with E-state index in [4.69, 9.17) is 4.74 Å². The Hall–Kier alpha value is -4.81. The zero-order chi connectivity index (χ0) is 29.2. The number of carbonyl (C=O) groups excluding carboxylic acids is 1. The first kappa shape index (κ1) is 28.2. The number of aromatic carboxylic acids is 1. The Morgan fingerprint density at radius 2 is 1.77 bits per heavy atom. The molecule has 4 rings (SSSR count). The number of hydrogen-bond donors (Lipinski definition) is 1. The summed E-state index contributed by atoms with van der Waals surface area (Å²) in [6, 6.07) is 10.9. The Bertz CT molecular complexity index is 1550. The second-order valence-electron chi connectivity index (χ2n) is 9.30. The summed E-state index contributed by atoms with van der Waals surface area (Å²) in [5.41, 5.74) is 0.0640. The number of anilines is 1. The van der Waals surface area contributed by atoms with Crippen molar-refractivity contribution in [2.24, 2.45) is 0 Å². The number of benzene rings is 2. The van der Waals surface area contributed by atoms with Gasteiger partial charge in [0.05, 0.1) is 17.8 Å². The smallest absolute Gasteiger partial charge is 0.421 e. The van der Waals surface area contributed by atoms with Crippen LogP contribution in [0, 0.1) is 13.8 Å². The van der Waals surface area contributed by atoms with Crippen molar-refractivity contribution in [1.29, 1.82) is 0 Å². The van der Waals surface area contributed by atoms with Crippen LogP contribution in [0.5, 0.6) is 11.6 Å². The molecule has 0 bridgehead atoms. The second-order valence-corrected chi connectivity index (χ2v) is 9.30. The third-order valence-electron chi connectivity index (χ3n) is 5.96. The summed E-state index contributed by atoms with van der Waals surface area (Å²) in [6.07, 6.45) is -3.63. The van der Waals surface area contributed by atoms with E-state index in [2.05, 4.69) is 20.5 Å². The molecule has 0 unspecified atom stereocenters. The number of tetrazole rings is 1. The fraction of sp³-hybridized carbons (Fsp3) is 0.259. The number of aryl methyl sites for hydroxylation is 2. The maximum Gasteiger partial charge on any atom is 0.421 e. The van der Waals surface area contributed by atoms with Gasteiger partial charge >= 0.3 is 12.1 Å². The van der Waals surface area contributed by atoms with Crippen LogP contribution in [0.3, 0.4) is 0 Å². The molecule has 0 saturated carbocycles. The van der Waals surface area contributed by atoms with Crippen molar-refractivity contribution in [3.05, 3.63) is 88.4 Å². The Kier molecular flexibility index (Phi) is 7.84. The first-order chi connectivity index (χ1) is 18.8. The molecule has 208 valence electrons. The maximum absolute atomic E-state index is 13.9. The van der Waals surface area contributed by atoms with Crippen LogP contribution in [-0.2, 0) is 12.7 Å². The van der Waals surface area contributed by atoms with Gasteiger partial charge < -0.3 is 14.7 Å². The molecule has 10 nitrogen and oxygen atoms in total. The lowest BCUT2D eigenvalue weighted by Crippen LogP contribution is -2.38. The monoisotopic (exact) mass is 554 g/mol. The number of alkyl halides is 3. The first-order valence-electron chi connectivity index (χ1n) is 12.1. The number of aromatic nitrogens is 5. The van der Waals surface area contributed by atoms with E-state index < -0.39 is 35.5 Å². The van der Waals surface area contributed by atoms with E-state index in [1.54, 1.807) is 45.0 Å². The molecule has 2 aromatic heterocycles. The Morgan fingerprint density at radius 1 is 1.07 bits per heavy atom. The van der Waals surface area contributed by atoms with Gasteiger partial charge in [-0.3, -0.25) is 4.79 Å². The largest absolute Gasteiger partial charge is 0.478 e. The van der Waals surface area contributed by atoms with E-state index in [0.717, 1.165) is 17.7 Å². The summed E-state index contributed by atoms with van der Waals surface area (Å²) in [5.74, 6) is -2.37. The van der Waals surface area contributed by atoms with Gasteiger partial charge in [-0.2, -0.15) is 13.2 Å². The number of nitrogens with zero attached hydrogens (tertiary/aromatic N) is 6. The number of carboxylic acid groups (broad SMARTS) is 1. The van der Waals surface area contributed by atoms with Crippen LogP contribution in [0.4, 0.5) is 18.9 Å². The molecule has 0 spiro atoms. The summed E-state index contributed by atoms with van der Waals surface area (Å²) in [5, 5.41) is 20.8. The lowest BCUT2D eigenvalue weighted by Gasteiger charge is -2.28. The van der Waals surface area contributed by atoms with Crippen LogP contribution >= 0.6 is 0 Å². The Labute approximate surface area is 227 Å². The number of pyridine rings is 1. The SMILES string of the molecule is Cc1ccc(C(=O)N(c2ccc(Oc3ncc(Cn4nnnc4C)cc3C(F)(F)F)cc2C(=O)O)C(C)C)cc1. The molecule has 2 heterocycles. The van der Waals surface area contributed by atoms with Crippen molar-refractivity contribution in [3.8, 4) is 11.6 Å². The second kappa shape index (κ2) is 11.1. The molecule has 0 aliphatic rings. The van der Waals surface area contributed by atoms with Gasteiger partial charge in [-0.25, -0.2) is 14.5 Å². The van der Waals surface area contributed by atoms with Crippen LogP contribution < -0.4 is 9.64 Å². The third-order valence-corrected chi connectivity index (χ3v) is 5.96. The topological polar surface area (TPSA) is 123 Å². The highest BCUT2D eigenvalue weighted by Crippen LogP contribution is 2.38. The van der Waals surface area contributed by atoms with Gasteiger partial charge in [-0.15, -0.1) is 5.10 Å². The zero-order valence-electron chi connectivity index (χ0n) is 22.0. The molecule has 13 heteroatoms. The van der Waals surface area contributed by atoms with E-state index in [1.165, 1.54) is 27.9 Å². The van der Waals surface area contributed by atoms with E-state index in [1.807, 2.05) is 6.92 Å². The van der Waals surface area contributed by atoms with Crippen molar-refractivity contribution < 1.29 is 32.6 Å². The van der Waals surface area contributed by atoms with Crippen LogP contribution in [0.2, 0.25) is 0 Å². The molecule has 1 amide bonds. The summed E-state index contributed by atoms with van der Waals surface area (Å²) >= 11 is 0. The van der Waals surface area contributed by atoms with Crippen molar-refractivity contribution in [2.45, 2.75) is 46.5 Å². The fourth-order valence-electron chi connectivity index (χ4n) is 3.96. The average Bonchev–Trinajstić information content (AvgIpc) is 3.29. The first-order valence-corrected chi connectivity index (χ1v) is 12.1. The maximum atomic E-state index is 13.9. The van der Waals surface area contributed by atoms with E-state index in [0.29, 0.717) is 11.4 Å².